The molecule has 156 valence electrons. The van der Waals surface area contributed by atoms with Gasteiger partial charge in [0.25, 0.3) is 5.91 Å². The first-order chi connectivity index (χ1) is 14.3. The third-order valence-electron chi connectivity index (χ3n) is 6.07. The maximum Gasteiger partial charge on any atom is 0.290 e. The summed E-state index contributed by atoms with van der Waals surface area (Å²) in [6.07, 6.45) is 1.85. The Kier molecular flexibility index (Phi) is 5.27. The van der Waals surface area contributed by atoms with Crippen LogP contribution < -0.4 is 5.43 Å². The van der Waals surface area contributed by atoms with Gasteiger partial charge in [-0.05, 0) is 54.5 Å². The zero-order valence-electron chi connectivity index (χ0n) is 18.4. The second-order valence-corrected chi connectivity index (χ2v) is 8.71. The van der Waals surface area contributed by atoms with Crippen LogP contribution in [0.4, 0.5) is 0 Å². The average molecular weight is 404 g/mol. The van der Waals surface area contributed by atoms with Crippen molar-refractivity contribution in [3.05, 3.63) is 80.2 Å². The molecule has 1 aromatic heterocycles. The molecule has 0 saturated heterocycles. The molecule has 1 amide bonds. The van der Waals surface area contributed by atoms with Crippen molar-refractivity contribution in [2.75, 3.05) is 6.54 Å². The molecule has 1 atom stereocenters. The summed E-state index contributed by atoms with van der Waals surface area (Å²) in [5.74, 6) is 0.441. The second-order valence-electron chi connectivity index (χ2n) is 8.71. The molecule has 4 heteroatoms. The van der Waals surface area contributed by atoms with E-state index in [0.29, 0.717) is 29.0 Å². The maximum atomic E-state index is 13.6. The average Bonchev–Trinajstić information content (AvgIpc) is 2.99. The topological polar surface area (TPSA) is 50.5 Å². The zero-order valence-corrected chi connectivity index (χ0v) is 18.4. The predicted octanol–water partition coefficient (Wildman–Crippen LogP) is 5.88. The van der Waals surface area contributed by atoms with Crippen LogP contribution in [-0.4, -0.2) is 17.4 Å². The van der Waals surface area contributed by atoms with Crippen molar-refractivity contribution in [2.24, 2.45) is 0 Å². The number of hydrogen-bond acceptors (Lipinski definition) is 3. The van der Waals surface area contributed by atoms with Crippen LogP contribution >= 0.6 is 0 Å². The van der Waals surface area contributed by atoms with Gasteiger partial charge in [-0.15, -0.1) is 0 Å². The molecule has 30 heavy (non-hydrogen) atoms. The fourth-order valence-electron chi connectivity index (χ4n) is 4.44. The highest BCUT2D eigenvalue weighted by molar-refractivity contribution is 5.99. The van der Waals surface area contributed by atoms with Crippen LogP contribution in [0.3, 0.4) is 0 Å². The minimum Gasteiger partial charge on any atom is -0.450 e. The van der Waals surface area contributed by atoms with E-state index >= 15 is 0 Å². The molecule has 3 aromatic rings. The second kappa shape index (κ2) is 7.75. The Morgan fingerprint density at radius 3 is 2.40 bits per heavy atom. The number of amides is 1. The highest BCUT2D eigenvalue weighted by atomic mass is 16.3. The summed E-state index contributed by atoms with van der Waals surface area (Å²) in [7, 11) is 0. The van der Waals surface area contributed by atoms with E-state index in [9.17, 15) is 9.59 Å². The summed E-state index contributed by atoms with van der Waals surface area (Å²) in [6, 6.07) is 11.7. The molecule has 0 bridgehead atoms. The van der Waals surface area contributed by atoms with Gasteiger partial charge in [0.15, 0.2) is 5.43 Å². The number of nitrogens with zero attached hydrogens (tertiary/aromatic N) is 1. The standard InChI is InChI=1S/C26H29NO3/c1-6-7-12-27-22(19-10-8-18(9-11-19)15(2)3)21-23(28)20-14-16(4)13-17(5)24(20)30-25(21)26(27)29/h8-11,13-15,22H,6-7,12H2,1-5H3. The Bertz CT molecular complexity index is 1170. The third kappa shape index (κ3) is 3.24. The Balaban J connectivity index is 1.95. The van der Waals surface area contributed by atoms with Gasteiger partial charge in [-0.3, -0.25) is 9.59 Å². The van der Waals surface area contributed by atoms with Gasteiger partial charge in [-0.1, -0.05) is 57.5 Å². The fraction of sp³-hybridized carbons (Fsp3) is 0.385. The summed E-state index contributed by atoms with van der Waals surface area (Å²) >= 11 is 0. The number of carbonyl (C=O) groups is 1. The summed E-state index contributed by atoms with van der Waals surface area (Å²) in [5.41, 5.74) is 4.98. The van der Waals surface area contributed by atoms with E-state index in [1.165, 1.54) is 5.56 Å². The number of aryl methyl sites for hydroxylation is 2. The molecule has 0 saturated carbocycles. The summed E-state index contributed by atoms with van der Waals surface area (Å²) < 4.78 is 6.12. The van der Waals surface area contributed by atoms with Crippen LogP contribution in [0.25, 0.3) is 11.0 Å². The molecule has 0 N–H and O–H groups in total. The number of fused-ring (bicyclic) bond motifs is 2. The van der Waals surface area contributed by atoms with Crippen LogP contribution in [0.5, 0.6) is 0 Å². The molecule has 4 rings (SSSR count). The van der Waals surface area contributed by atoms with Crippen molar-refractivity contribution in [3.8, 4) is 0 Å². The first-order valence-electron chi connectivity index (χ1n) is 10.8. The molecular formula is C26H29NO3. The predicted molar refractivity (Wildman–Crippen MR) is 120 cm³/mol. The molecule has 0 radical (unpaired) electrons. The van der Waals surface area contributed by atoms with Crippen LogP contribution in [0.1, 0.15) is 83.9 Å². The Labute approximate surface area is 177 Å². The quantitative estimate of drug-likeness (QED) is 0.535. The summed E-state index contributed by atoms with van der Waals surface area (Å²) in [6.45, 7) is 10.9. The molecule has 0 fully saturated rings. The molecule has 0 aliphatic carbocycles. The van der Waals surface area contributed by atoms with E-state index in [1.807, 2.05) is 43.0 Å². The van der Waals surface area contributed by atoms with E-state index < -0.39 is 6.04 Å². The van der Waals surface area contributed by atoms with Crippen molar-refractivity contribution in [1.29, 1.82) is 0 Å². The van der Waals surface area contributed by atoms with Gasteiger partial charge in [0, 0.05) is 6.54 Å². The smallest absolute Gasteiger partial charge is 0.290 e. The highest BCUT2D eigenvalue weighted by Gasteiger charge is 2.42. The van der Waals surface area contributed by atoms with E-state index in [4.69, 9.17) is 4.42 Å². The Morgan fingerprint density at radius 1 is 1.07 bits per heavy atom. The first-order valence-corrected chi connectivity index (χ1v) is 10.8. The van der Waals surface area contributed by atoms with Gasteiger partial charge >= 0.3 is 0 Å². The molecule has 4 nitrogen and oxygen atoms in total. The molecule has 1 unspecified atom stereocenters. The number of rotatable bonds is 5. The van der Waals surface area contributed by atoms with Crippen molar-refractivity contribution >= 4 is 16.9 Å². The number of unbranched alkanes of at least 4 members (excludes halogenated alkanes) is 1. The van der Waals surface area contributed by atoms with Gasteiger partial charge in [0.05, 0.1) is 17.0 Å². The van der Waals surface area contributed by atoms with E-state index in [0.717, 1.165) is 29.5 Å². The lowest BCUT2D eigenvalue weighted by atomic mass is 9.94. The van der Waals surface area contributed by atoms with Crippen LogP contribution in [0, 0.1) is 13.8 Å². The SMILES string of the molecule is CCCCN1C(=O)c2oc3c(C)cc(C)cc3c(=O)c2C1c1ccc(C(C)C)cc1. The minimum atomic E-state index is -0.401. The molecule has 0 spiro atoms. The largest absolute Gasteiger partial charge is 0.450 e. The van der Waals surface area contributed by atoms with Gasteiger partial charge in [-0.2, -0.15) is 0 Å². The van der Waals surface area contributed by atoms with Crippen LogP contribution in [0.2, 0.25) is 0 Å². The molecule has 2 heterocycles. The lowest BCUT2D eigenvalue weighted by molar-refractivity contribution is 0.0725. The Morgan fingerprint density at radius 2 is 1.77 bits per heavy atom. The number of hydrogen-bond donors (Lipinski definition) is 0. The number of benzene rings is 2. The monoisotopic (exact) mass is 403 g/mol. The molecule has 1 aliphatic heterocycles. The van der Waals surface area contributed by atoms with Gasteiger partial charge in [0.2, 0.25) is 5.76 Å². The van der Waals surface area contributed by atoms with Crippen molar-refractivity contribution in [2.45, 2.75) is 59.4 Å². The molecular weight excluding hydrogens is 374 g/mol. The fourth-order valence-corrected chi connectivity index (χ4v) is 4.44. The summed E-state index contributed by atoms with van der Waals surface area (Å²) in [4.78, 5) is 28.7. The minimum absolute atomic E-state index is 0.0941. The lowest BCUT2D eigenvalue weighted by Crippen LogP contribution is -2.30. The normalized spacial score (nSPS) is 16.0. The highest BCUT2D eigenvalue weighted by Crippen LogP contribution is 2.39. The number of carbonyl (C=O) groups excluding carboxylic acids is 1. The van der Waals surface area contributed by atoms with Crippen molar-refractivity contribution < 1.29 is 9.21 Å². The van der Waals surface area contributed by atoms with Gasteiger partial charge in [-0.25, -0.2) is 0 Å². The maximum absolute atomic E-state index is 13.6. The van der Waals surface area contributed by atoms with Gasteiger partial charge < -0.3 is 9.32 Å². The summed E-state index contributed by atoms with van der Waals surface area (Å²) in [5, 5.41) is 0.556. The third-order valence-corrected chi connectivity index (χ3v) is 6.07. The Hall–Kier alpha value is -2.88. The van der Waals surface area contributed by atoms with Crippen LogP contribution in [0.15, 0.2) is 45.6 Å². The van der Waals surface area contributed by atoms with E-state index in [1.54, 1.807) is 0 Å². The van der Waals surface area contributed by atoms with Gasteiger partial charge in [0.1, 0.15) is 5.58 Å². The zero-order chi connectivity index (χ0) is 21.6. The van der Waals surface area contributed by atoms with E-state index in [-0.39, 0.29) is 17.1 Å². The lowest BCUT2D eigenvalue weighted by Gasteiger charge is -2.25. The molecule has 2 aromatic carbocycles. The van der Waals surface area contributed by atoms with Crippen molar-refractivity contribution in [3.63, 3.8) is 0 Å². The molecule has 1 aliphatic rings. The van der Waals surface area contributed by atoms with E-state index in [2.05, 4.69) is 32.9 Å². The van der Waals surface area contributed by atoms with Crippen LogP contribution in [-0.2, 0) is 0 Å². The van der Waals surface area contributed by atoms with Crippen molar-refractivity contribution in [1.82, 2.24) is 4.90 Å². The first kappa shape index (κ1) is 20.4.